The number of aliphatic hydroxyl groups is 1. The van der Waals surface area contributed by atoms with E-state index < -0.39 is 0 Å². The molecule has 1 aliphatic heterocycles. The maximum absolute atomic E-state index is 9.16. The topological polar surface area (TPSA) is 29.5 Å². The smallest absolute Gasteiger partial charge is 0.0629 e. The lowest BCUT2D eigenvalue weighted by Gasteiger charge is -2.03. The largest absolute Gasteiger partial charge is 0.393 e. The number of rotatable bonds is 0. The Labute approximate surface area is 54.8 Å². The van der Waals surface area contributed by atoms with Crippen LogP contribution in [0.1, 0.15) is 19.3 Å². The molecule has 1 N–H and O–H groups in total. The minimum Gasteiger partial charge on any atom is -0.393 e. The second-order valence-corrected chi connectivity index (χ2v) is 3.08. The first-order chi connectivity index (χ1) is 4.36. The summed E-state index contributed by atoms with van der Waals surface area (Å²) in [6, 6.07) is 0. The molecule has 1 saturated heterocycles. The van der Waals surface area contributed by atoms with Gasteiger partial charge >= 0.3 is 0 Å². The Morgan fingerprint density at radius 2 is 2.22 bits per heavy atom. The second-order valence-electron chi connectivity index (χ2n) is 3.08. The molecule has 0 unspecified atom stereocenters. The molecular formula is C7H12O2. The highest BCUT2D eigenvalue weighted by molar-refractivity contribution is 4.87. The molecule has 3 atom stereocenters. The van der Waals surface area contributed by atoms with Crippen molar-refractivity contribution < 1.29 is 9.84 Å². The van der Waals surface area contributed by atoms with Gasteiger partial charge < -0.3 is 9.84 Å². The van der Waals surface area contributed by atoms with Crippen molar-refractivity contribution in [1.29, 1.82) is 0 Å². The van der Waals surface area contributed by atoms with Crippen LogP contribution in [0.5, 0.6) is 0 Å². The van der Waals surface area contributed by atoms with E-state index in [1.807, 2.05) is 0 Å². The van der Waals surface area contributed by atoms with E-state index in [4.69, 9.17) is 9.84 Å². The first-order valence-corrected chi connectivity index (χ1v) is 3.66. The molecular weight excluding hydrogens is 116 g/mol. The summed E-state index contributed by atoms with van der Waals surface area (Å²) in [5.41, 5.74) is 0. The molecule has 2 fully saturated rings. The normalized spacial score (nSPS) is 49.7. The van der Waals surface area contributed by atoms with Crippen LogP contribution in [-0.2, 0) is 4.74 Å². The summed E-state index contributed by atoms with van der Waals surface area (Å²) in [7, 11) is 0. The molecule has 0 spiro atoms. The van der Waals surface area contributed by atoms with Crippen LogP contribution in [0, 0.1) is 5.92 Å². The molecule has 2 nitrogen and oxygen atoms in total. The molecule has 2 heteroatoms. The zero-order valence-corrected chi connectivity index (χ0v) is 5.42. The molecule has 9 heavy (non-hydrogen) atoms. The zero-order valence-electron chi connectivity index (χ0n) is 5.42. The van der Waals surface area contributed by atoms with E-state index in [0.29, 0.717) is 12.0 Å². The average Bonchev–Trinajstić information content (AvgIpc) is 2.22. The Morgan fingerprint density at radius 1 is 1.33 bits per heavy atom. The molecule has 1 aliphatic carbocycles. The van der Waals surface area contributed by atoms with Crippen LogP contribution in [-0.4, -0.2) is 23.9 Å². The Kier molecular flexibility index (Phi) is 1.24. The van der Waals surface area contributed by atoms with Gasteiger partial charge in [0.1, 0.15) is 0 Å². The summed E-state index contributed by atoms with van der Waals surface area (Å²) >= 11 is 0. The fourth-order valence-corrected chi connectivity index (χ4v) is 1.94. The van der Waals surface area contributed by atoms with Gasteiger partial charge in [0.25, 0.3) is 0 Å². The van der Waals surface area contributed by atoms with Gasteiger partial charge in [0.05, 0.1) is 12.2 Å². The fraction of sp³-hybridized carbons (Fsp3) is 1.00. The summed E-state index contributed by atoms with van der Waals surface area (Å²) in [5, 5.41) is 9.16. The van der Waals surface area contributed by atoms with Crippen LogP contribution in [0.15, 0.2) is 0 Å². The maximum atomic E-state index is 9.16. The Balaban J connectivity index is 2.02. The van der Waals surface area contributed by atoms with E-state index in [0.717, 1.165) is 19.4 Å². The standard InChI is InChI=1S/C7H12O2/c8-6-3-5-1-2-9-7(5)4-6/h5-8H,1-4H2/t5-,6-,7+/m0/s1. The molecule has 0 radical (unpaired) electrons. The fourth-order valence-electron chi connectivity index (χ4n) is 1.94. The first-order valence-electron chi connectivity index (χ1n) is 3.66. The maximum Gasteiger partial charge on any atom is 0.0629 e. The van der Waals surface area contributed by atoms with Crippen LogP contribution < -0.4 is 0 Å². The Hall–Kier alpha value is -0.0800. The Bertz CT molecular complexity index is 101. The van der Waals surface area contributed by atoms with Gasteiger partial charge in [-0.3, -0.25) is 0 Å². The van der Waals surface area contributed by atoms with Crippen LogP contribution in [0.25, 0.3) is 0 Å². The van der Waals surface area contributed by atoms with Crippen molar-refractivity contribution >= 4 is 0 Å². The Morgan fingerprint density at radius 3 is 3.00 bits per heavy atom. The third kappa shape index (κ3) is 0.864. The molecule has 0 amide bonds. The van der Waals surface area contributed by atoms with E-state index in [2.05, 4.69) is 0 Å². The van der Waals surface area contributed by atoms with Crippen LogP contribution in [0.4, 0.5) is 0 Å². The summed E-state index contributed by atoms with van der Waals surface area (Å²) in [6.45, 7) is 0.919. The molecule has 52 valence electrons. The van der Waals surface area contributed by atoms with Crippen LogP contribution in [0.2, 0.25) is 0 Å². The average molecular weight is 128 g/mol. The third-order valence-electron chi connectivity index (χ3n) is 2.43. The third-order valence-corrected chi connectivity index (χ3v) is 2.43. The summed E-state index contributed by atoms with van der Waals surface area (Å²) in [5.74, 6) is 0.681. The molecule has 0 aromatic heterocycles. The van der Waals surface area contributed by atoms with Crippen molar-refractivity contribution in [3.05, 3.63) is 0 Å². The highest BCUT2D eigenvalue weighted by atomic mass is 16.5. The van der Waals surface area contributed by atoms with Crippen molar-refractivity contribution in [3.8, 4) is 0 Å². The highest BCUT2D eigenvalue weighted by Gasteiger charge is 2.37. The highest BCUT2D eigenvalue weighted by Crippen LogP contribution is 2.35. The lowest BCUT2D eigenvalue weighted by atomic mass is 10.1. The van der Waals surface area contributed by atoms with Gasteiger partial charge in [-0.05, 0) is 25.2 Å². The lowest BCUT2D eigenvalue weighted by molar-refractivity contribution is 0.0822. The van der Waals surface area contributed by atoms with Crippen LogP contribution >= 0.6 is 0 Å². The van der Waals surface area contributed by atoms with E-state index in [1.165, 1.54) is 6.42 Å². The van der Waals surface area contributed by atoms with E-state index in [9.17, 15) is 0 Å². The SMILES string of the molecule is O[C@H]1C[C@@H]2CCO[C@@H]2C1. The molecule has 0 aromatic rings. The van der Waals surface area contributed by atoms with Gasteiger partial charge in [-0.1, -0.05) is 0 Å². The lowest BCUT2D eigenvalue weighted by Crippen LogP contribution is -2.07. The van der Waals surface area contributed by atoms with Gasteiger partial charge in [-0.2, -0.15) is 0 Å². The molecule has 1 heterocycles. The number of hydrogen-bond donors (Lipinski definition) is 1. The van der Waals surface area contributed by atoms with Gasteiger partial charge in [0.2, 0.25) is 0 Å². The van der Waals surface area contributed by atoms with Crippen molar-refractivity contribution in [2.24, 2.45) is 5.92 Å². The minimum absolute atomic E-state index is 0.0692. The van der Waals surface area contributed by atoms with Gasteiger partial charge in [-0.15, -0.1) is 0 Å². The van der Waals surface area contributed by atoms with Gasteiger partial charge in [-0.25, -0.2) is 0 Å². The molecule has 0 bridgehead atoms. The van der Waals surface area contributed by atoms with Gasteiger partial charge in [0.15, 0.2) is 0 Å². The number of fused-ring (bicyclic) bond motifs is 1. The molecule has 1 saturated carbocycles. The number of aliphatic hydroxyl groups excluding tert-OH is 1. The zero-order chi connectivity index (χ0) is 6.27. The quantitative estimate of drug-likeness (QED) is 0.516. The predicted molar refractivity (Wildman–Crippen MR) is 33.1 cm³/mol. The van der Waals surface area contributed by atoms with Crippen LogP contribution in [0.3, 0.4) is 0 Å². The van der Waals surface area contributed by atoms with Crippen molar-refractivity contribution in [2.75, 3.05) is 6.61 Å². The van der Waals surface area contributed by atoms with E-state index >= 15 is 0 Å². The predicted octanol–water partition coefficient (Wildman–Crippen LogP) is 0.546. The minimum atomic E-state index is -0.0692. The molecule has 2 aliphatic rings. The summed E-state index contributed by atoms with van der Waals surface area (Å²) in [4.78, 5) is 0. The summed E-state index contributed by atoms with van der Waals surface area (Å²) in [6.07, 6.45) is 3.36. The van der Waals surface area contributed by atoms with Crippen molar-refractivity contribution in [1.82, 2.24) is 0 Å². The number of hydrogen-bond acceptors (Lipinski definition) is 2. The monoisotopic (exact) mass is 128 g/mol. The van der Waals surface area contributed by atoms with Crippen molar-refractivity contribution in [3.63, 3.8) is 0 Å². The molecule has 0 aromatic carbocycles. The van der Waals surface area contributed by atoms with E-state index in [1.54, 1.807) is 0 Å². The first kappa shape index (κ1) is 5.69. The van der Waals surface area contributed by atoms with Crippen molar-refractivity contribution in [2.45, 2.75) is 31.5 Å². The van der Waals surface area contributed by atoms with Gasteiger partial charge in [0, 0.05) is 6.61 Å². The molecule has 2 rings (SSSR count). The second kappa shape index (κ2) is 1.96. The number of ether oxygens (including phenoxy) is 1. The van der Waals surface area contributed by atoms with E-state index in [-0.39, 0.29) is 6.10 Å². The summed E-state index contributed by atoms with van der Waals surface area (Å²) < 4.78 is 5.39.